The molecule has 1 aliphatic carbocycles. The molecule has 1 rings (SSSR count). The van der Waals surface area contributed by atoms with Crippen LogP contribution in [0.2, 0.25) is 0 Å². The van der Waals surface area contributed by atoms with E-state index in [0.29, 0.717) is 0 Å². The Morgan fingerprint density at radius 3 is 1.90 bits per heavy atom. The first-order valence-electron chi connectivity index (χ1n) is 2.13. The first kappa shape index (κ1) is 22.5. The van der Waals surface area contributed by atoms with E-state index in [1.165, 1.54) is 5.57 Å². The zero-order valence-corrected chi connectivity index (χ0v) is 10.5. The predicted octanol–water partition coefficient (Wildman–Crippen LogP) is 2.96. The fraction of sp³-hybridized carbons (Fsp3) is 0.333. The van der Waals surface area contributed by atoms with Crippen LogP contribution in [-0.2, 0) is 26.2 Å². The Kier molecular flexibility index (Phi) is 28.9. The summed E-state index contributed by atoms with van der Waals surface area (Å²) < 4.78 is 0. The molecule has 0 aromatic carbocycles. The van der Waals surface area contributed by atoms with Gasteiger partial charge < -0.3 is 0 Å². The van der Waals surface area contributed by atoms with Crippen molar-refractivity contribution in [1.29, 1.82) is 0 Å². The summed E-state index contributed by atoms with van der Waals surface area (Å²) in [6, 6.07) is 0. The Morgan fingerprint density at radius 1 is 1.30 bits per heavy atom. The van der Waals surface area contributed by atoms with Gasteiger partial charge in [0.15, 0.2) is 0 Å². The molecule has 0 radical (unpaired) electrons. The molecule has 0 N–H and O–H groups in total. The van der Waals surface area contributed by atoms with Gasteiger partial charge in [-0.15, -0.1) is 43.6 Å². The van der Waals surface area contributed by atoms with Gasteiger partial charge in [-0.3, -0.25) is 6.08 Å². The predicted molar refractivity (Wildman–Crippen MR) is 47.9 cm³/mol. The molecular weight excluding hydrogens is 270 g/mol. The second-order valence-corrected chi connectivity index (χ2v) is 1.47. The molecule has 60 valence electrons. The molecule has 0 spiro atoms. The molecule has 4 heteroatoms. The maximum Gasteiger partial charge on any atom is 0 e. The van der Waals surface area contributed by atoms with Gasteiger partial charge in [0.25, 0.3) is 0 Å². The maximum absolute atomic E-state index is 3.12. The van der Waals surface area contributed by atoms with Gasteiger partial charge in [-0.25, -0.2) is 11.6 Å². The zero-order chi connectivity index (χ0) is 4.41. The molecular formula is C6H10Cl3Zr-. The smallest absolute Gasteiger partial charge is 0 e. The summed E-state index contributed by atoms with van der Waals surface area (Å²) in [5.74, 6) is 0. The van der Waals surface area contributed by atoms with Crippen LogP contribution in [0.15, 0.2) is 17.7 Å². The first-order chi connectivity index (χ1) is 2.89. The SMILES string of the molecule is CC1=[C-]CC=C1.Cl.Cl.Cl.[Zr]. The average Bonchev–Trinajstić information content (AvgIpc) is 1.86. The van der Waals surface area contributed by atoms with Gasteiger partial charge in [0, 0.05) is 26.2 Å². The average molecular weight is 280 g/mol. The largest absolute Gasteiger partial charge is 0.270 e. The van der Waals surface area contributed by atoms with Crippen molar-refractivity contribution in [2.24, 2.45) is 0 Å². The third kappa shape index (κ3) is 9.23. The summed E-state index contributed by atoms with van der Waals surface area (Å²) in [7, 11) is 0. The molecule has 0 saturated carbocycles. The topological polar surface area (TPSA) is 0 Å². The Morgan fingerprint density at radius 2 is 1.80 bits per heavy atom. The van der Waals surface area contributed by atoms with Gasteiger partial charge in [0.2, 0.25) is 0 Å². The Labute approximate surface area is 99.9 Å². The molecule has 0 fully saturated rings. The maximum atomic E-state index is 3.12. The third-order valence-corrected chi connectivity index (χ3v) is 0.867. The van der Waals surface area contributed by atoms with E-state index in [9.17, 15) is 0 Å². The number of rotatable bonds is 0. The molecule has 0 saturated heterocycles. The molecule has 0 amide bonds. The van der Waals surface area contributed by atoms with Crippen molar-refractivity contribution in [2.45, 2.75) is 13.3 Å². The number of hydrogen-bond donors (Lipinski definition) is 0. The summed E-state index contributed by atoms with van der Waals surface area (Å²) in [6.07, 6.45) is 8.33. The van der Waals surface area contributed by atoms with Gasteiger partial charge in [-0.05, 0) is 0 Å². The summed E-state index contributed by atoms with van der Waals surface area (Å²) in [4.78, 5) is 0. The fourth-order valence-corrected chi connectivity index (χ4v) is 0.515. The van der Waals surface area contributed by atoms with Crippen LogP contribution >= 0.6 is 37.2 Å². The van der Waals surface area contributed by atoms with Crippen molar-refractivity contribution in [3.05, 3.63) is 23.8 Å². The van der Waals surface area contributed by atoms with E-state index in [1.54, 1.807) is 0 Å². The van der Waals surface area contributed by atoms with Crippen LogP contribution in [0.5, 0.6) is 0 Å². The molecule has 10 heavy (non-hydrogen) atoms. The van der Waals surface area contributed by atoms with Crippen molar-refractivity contribution in [3.63, 3.8) is 0 Å². The molecule has 0 aromatic heterocycles. The summed E-state index contributed by atoms with van der Waals surface area (Å²) >= 11 is 0. The van der Waals surface area contributed by atoms with E-state index >= 15 is 0 Å². The van der Waals surface area contributed by atoms with Gasteiger partial charge >= 0.3 is 0 Å². The molecule has 0 heterocycles. The Hall–Kier alpha value is 1.23. The van der Waals surface area contributed by atoms with E-state index in [-0.39, 0.29) is 63.4 Å². The monoisotopic (exact) mass is 277 g/mol. The molecule has 0 aliphatic heterocycles. The van der Waals surface area contributed by atoms with Gasteiger partial charge in [-0.1, -0.05) is 6.92 Å². The summed E-state index contributed by atoms with van der Waals surface area (Å²) in [5.41, 5.74) is 1.27. The quantitative estimate of drug-likeness (QED) is 0.598. The molecule has 0 nitrogen and oxygen atoms in total. The van der Waals surface area contributed by atoms with Gasteiger partial charge in [-0.2, -0.15) is 6.08 Å². The molecule has 0 atom stereocenters. The van der Waals surface area contributed by atoms with Crippen LogP contribution < -0.4 is 0 Å². The summed E-state index contributed by atoms with van der Waals surface area (Å²) in [5, 5.41) is 0. The fourth-order valence-electron chi connectivity index (χ4n) is 0.515. The van der Waals surface area contributed by atoms with Crippen LogP contribution in [0.25, 0.3) is 0 Å². The van der Waals surface area contributed by atoms with Crippen LogP contribution in [0.3, 0.4) is 0 Å². The standard InChI is InChI=1S/C6H7.3ClH.Zr/c1-6-4-2-3-5-6;;;;/h2,4H,3H2,1H3;3*1H;/q-1;;;;. The molecule has 1 aliphatic rings. The second-order valence-electron chi connectivity index (χ2n) is 1.47. The van der Waals surface area contributed by atoms with Crippen LogP contribution in [0.4, 0.5) is 0 Å². The van der Waals surface area contributed by atoms with E-state index in [0.717, 1.165) is 6.42 Å². The van der Waals surface area contributed by atoms with Crippen molar-refractivity contribution in [2.75, 3.05) is 0 Å². The third-order valence-electron chi connectivity index (χ3n) is 0.867. The van der Waals surface area contributed by atoms with Crippen molar-refractivity contribution < 1.29 is 26.2 Å². The minimum atomic E-state index is 0. The van der Waals surface area contributed by atoms with Crippen molar-refractivity contribution in [3.8, 4) is 0 Å². The number of hydrogen-bond acceptors (Lipinski definition) is 0. The van der Waals surface area contributed by atoms with Crippen LogP contribution in [0.1, 0.15) is 13.3 Å². The molecule has 0 bridgehead atoms. The molecule has 0 aromatic rings. The van der Waals surface area contributed by atoms with Crippen molar-refractivity contribution in [1.82, 2.24) is 0 Å². The number of halogens is 3. The minimum Gasteiger partial charge on any atom is -0.270 e. The normalized spacial score (nSPS) is 11.1. The van der Waals surface area contributed by atoms with E-state index in [4.69, 9.17) is 0 Å². The number of allylic oxidation sites excluding steroid dienone is 4. The summed E-state index contributed by atoms with van der Waals surface area (Å²) in [6.45, 7) is 2.06. The van der Waals surface area contributed by atoms with Gasteiger partial charge in [0.1, 0.15) is 0 Å². The first-order valence-corrected chi connectivity index (χ1v) is 2.13. The second kappa shape index (κ2) is 12.9. The van der Waals surface area contributed by atoms with Gasteiger partial charge in [0.05, 0.1) is 0 Å². The molecule has 0 unspecified atom stereocenters. The van der Waals surface area contributed by atoms with E-state index in [1.807, 2.05) is 0 Å². The van der Waals surface area contributed by atoms with Crippen molar-refractivity contribution >= 4 is 37.2 Å². The Balaban J connectivity index is -0.0000000450. The Bertz CT molecular complexity index is 107. The van der Waals surface area contributed by atoms with E-state index < -0.39 is 0 Å². The van der Waals surface area contributed by atoms with Crippen LogP contribution in [0, 0.1) is 6.08 Å². The van der Waals surface area contributed by atoms with Crippen LogP contribution in [-0.4, -0.2) is 0 Å². The van der Waals surface area contributed by atoms with E-state index in [2.05, 4.69) is 25.2 Å². The zero-order valence-electron chi connectivity index (χ0n) is 5.59. The minimum absolute atomic E-state index is 0.